The monoisotopic (exact) mass is 309 g/mol. The molecule has 0 spiro atoms. The van der Waals surface area contributed by atoms with E-state index in [1.165, 1.54) is 11.3 Å². The Morgan fingerprint density at radius 3 is 2.09 bits per heavy atom. The number of imide groups is 1. The highest BCUT2D eigenvalue weighted by Crippen LogP contribution is 2.65. The first-order valence-electron chi connectivity index (χ1n) is 8.49. The molecule has 1 aliphatic heterocycles. The number of benzene rings is 1. The second-order valence-electron chi connectivity index (χ2n) is 7.09. The Morgan fingerprint density at radius 2 is 1.57 bits per heavy atom. The van der Waals surface area contributed by atoms with E-state index in [0.29, 0.717) is 24.1 Å². The largest absolute Gasteiger partial charge is 0.494 e. The molecule has 2 amide bonds. The summed E-state index contributed by atoms with van der Waals surface area (Å²) in [6, 6.07) is 7.28. The highest BCUT2D eigenvalue weighted by atomic mass is 16.5. The Balaban J connectivity index is 1.49. The van der Waals surface area contributed by atoms with Crippen LogP contribution in [0.2, 0.25) is 0 Å². The van der Waals surface area contributed by atoms with Crippen LogP contribution in [0, 0.1) is 35.5 Å². The molecule has 2 bridgehead atoms. The third kappa shape index (κ3) is 1.66. The van der Waals surface area contributed by atoms with Gasteiger partial charge in [-0.05, 0) is 61.3 Å². The van der Waals surface area contributed by atoms with E-state index in [-0.39, 0.29) is 35.5 Å². The molecule has 0 N–H and O–H groups in total. The predicted octanol–water partition coefficient (Wildman–Crippen LogP) is 2.64. The van der Waals surface area contributed by atoms with Crippen LogP contribution in [0.5, 0.6) is 5.75 Å². The van der Waals surface area contributed by atoms with Gasteiger partial charge in [-0.25, -0.2) is 0 Å². The highest BCUT2D eigenvalue weighted by molar-refractivity contribution is 6.22. The summed E-state index contributed by atoms with van der Waals surface area (Å²) in [5.41, 5.74) is 0.672. The van der Waals surface area contributed by atoms with E-state index >= 15 is 0 Å². The van der Waals surface area contributed by atoms with Crippen LogP contribution in [0.25, 0.3) is 0 Å². The van der Waals surface area contributed by atoms with Crippen molar-refractivity contribution in [1.29, 1.82) is 0 Å². The van der Waals surface area contributed by atoms with Gasteiger partial charge in [-0.3, -0.25) is 14.5 Å². The van der Waals surface area contributed by atoms with Crippen LogP contribution in [0.15, 0.2) is 36.4 Å². The van der Waals surface area contributed by atoms with Crippen LogP contribution in [-0.4, -0.2) is 18.4 Å². The molecule has 4 nitrogen and oxygen atoms in total. The van der Waals surface area contributed by atoms with Gasteiger partial charge >= 0.3 is 0 Å². The normalized spacial score (nSPS) is 39.4. The molecule has 3 fully saturated rings. The van der Waals surface area contributed by atoms with Crippen molar-refractivity contribution >= 4 is 17.5 Å². The minimum Gasteiger partial charge on any atom is -0.494 e. The third-order valence-corrected chi connectivity index (χ3v) is 6.07. The maximum atomic E-state index is 13.0. The number of ether oxygens (including phenoxy) is 1. The molecule has 5 aliphatic rings. The lowest BCUT2D eigenvalue weighted by Gasteiger charge is -2.37. The summed E-state index contributed by atoms with van der Waals surface area (Å²) in [5, 5.41) is 0. The van der Waals surface area contributed by atoms with Crippen LogP contribution >= 0.6 is 0 Å². The lowest BCUT2D eigenvalue weighted by Crippen LogP contribution is -2.40. The van der Waals surface area contributed by atoms with Crippen LogP contribution in [0.4, 0.5) is 5.69 Å². The average Bonchev–Trinajstić information content (AvgIpc) is 3.34. The van der Waals surface area contributed by atoms with Gasteiger partial charge in [0.2, 0.25) is 11.8 Å². The number of nitrogens with zero attached hydrogens (tertiary/aromatic N) is 1. The van der Waals surface area contributed by atoms with Gasteiger partial charge in [0.15, 0.2) is 0 Å². The molecule has 2 saturated carbocycles. The Hall–Kier alpha value is -2.10. The molecule has 1 aromatic rings. The molecule has 4 aliphatic carbocycles. The van der Waals surface area contributed by atoms with Gasteiger partial charge in [-0.2, -0.15) is 0 Å². The van der Waals surface area contributed by atoms with E-state index in [0.717, 1.165) is 5.75 Å². The van der Waals surface area contributed by atoms with E-state index in [2.05, 4.69) is 12.2 Å². The maximum absolute atomic E-state index is 13.0. The molecule has 1 saturated heterocycles. The van der Waals surface area contributed by atoms with Gasteiger partial charge in [0.05, 0.1) is 24.1 Å². The van der Waals surface area contributed by atoms with Gasteiger partial charge in [-0.1, -0.05) is 12.2 Å². The van der Waals surface area contributed by atoms with E-state index in [1.807, 2.05) is 31.2 Å². The van der Waals surface area contributed by atoms with Crippen molar-refractivity contribution in [2.75, 3.05) is 11.5 Å². The van der Waals surface area contributed by atoms with Gasteiger partial charge in [-0.15, -0.1) is 0 Å². The van der Waals surface area contributed by atoms with Crippen molar-refractivity contribution < 1.29 is 14.3 Å². The third-order valence-electron chi connectivity index (χ3n) is 6.07. The second kappa shape index (κ2) is 4.47. The van der Waals surface area contributed by atoms with E-state index in [1.54, 1.807) is 0 Å². The Kier molecular flexibility index (Phi) is 2.59. The van der Waals surface area contributed by atoms with Crippen LogP contribution in [0.1, 0.15) is 13.3 Å². The topological polar surface area (TPSA) is 46.6 Å². The summed E-state index contributed by atoms with van der Waals surface area (Å²) in [7, 11) is 0. The predicted molar refractivity (Wildman–Crippen MR) is 84.8 cm³/mol. The minimum atomic E-state index is -0.132. The number of allylic oxidation sites excluding steroid dienone is 2. The van der Waals surface area contributed by atoms with Gasteiger partial charge in [0.25, 0.3) is 0 Å². The molecular formula is C19H19NO3. The first-order chi connectivity index (χ1) is 11.2. The standard InChI is InChI=1S/C19H19NO3/c1-2-23-11-5-3-10(4-6-11)20-18(21)16-12-7-8-13(15-9-14(12)15)17(16)19(20)22/h3-8,12-17H,2,9H2,1H3/t12-,13-,14-,15-,16-,17+/m0/s1. The summed E-state index contributed by atoms with van der Waals surface area (Å²) in [5.74, 6) is 2.32. The number of anilines is 1. The van der Waals surface area contributed by atoms with E-state index in [9.17, 15) is 9.59 Å². The molecule has 1 aromatic carbocycles. The summed E-state index contributed by atoms with van der Waals surface area (Å²) in [4.78, 5) is 27.3. The highest BCUT2D eigenvalue weighted by Gasteiger charge is 2.67. The fourth-order valence-electron chi connectivity index (χ4n) is 5.07. The maximum Gasteiger partial charge on any atom is 0.238 e. The number of carbonyl (C=O) groups is 2. The first-order valence-corrected chi connectivity index (χ1v) is 8.49. The van der Waals surface area contributed by atoms with Gasteiger partial charge in [0, 0.05) is 0 Å². The minimum absolute atomic E-state index is 0.00569. The number of hydrogen-bond acceptors (Lipinski definition) is 3. The molecular weight excluding hydrogens is 290 g/mol. The van der Waals surface area contributed by atoms with Crippen molar-refractivity contribution in [3.63, 3.8) is 0 Å². The van der Waals surface area contributed by atoms with Crippen molar-refractivity contribution in [1.82, 2.24) is 0 Å². The van der Waals surface area contributed by atoms with Crippen LogP contribution < -0.4 is 9.64 Å². The first kappa shape index (κ1) is 13.3. The molecule has 0 radical (unpaired) electrons. The van der Waals surface area contributed by atoms with Crippen molar-refractivity contribution in [3.8, 4) is 5.75 Å². The van der Waals surface area contributed by atoms with Gasteiger partial charge < -0.3 is 4.74 Å². The smallest absolute Gasteiger partial charge is 0.238 e. The zero-order valence-electron chi connectivity index (χ0n) is 13.0. The zero-order valence-corrected chi connectivity index (χ0v) is 13.0. The second-order valence-corrected chi connectivity index (χ2v) is 7.09. The number of carbonyl (C=O) groups excluding carboxylic acids is 2. The lowest BCUT2D eigenvalue weighted by molar-refractivity contribution is -0.124. The molecule has 0 unspecified atom stereocenters. The summed E-state index contributed by atoms with van der Waals surface area (Å²) in [6.07, 6.45) is 5.60. The fraction of sp³-hybridized carbons (Fsp3) is 0.474. The number of rotatable bonds is 3. The Morgan fingerprint density at radius 1 is 1.00 bits per heavy atom. The van der Waals surface area contributed by atoms with Crippen molar-refractivity contribution in [3.05, 3.63) is 36.4 Å². The molecule has 6 atom stereocenters. The van der Waals surface area contributed by atoms with Gasteiger partial charge in [0.1, 0.15) is 5.75 Å². The number of amides is 2. The molecule has 0 aromatic heterocycles. The molecule has 1 heterocycles. The number of hydrogen-bond donors (Lipinski definition) is 0. The zero-order chi connectivity index (χ0) is 15.7. The average molecular weight is 309 g/mol. The molecule has 6 rings (SSSR count). The Bertz CT molecular complexity index is 687. The molecule has 118 valence electrons. The molecule has 4 heteroatoms. The summed E-state index contributed by atoms with van der Waals surface area (Å²) >= 11 is 0. The van der Waals surface area contributed by atoms with E-state index in [4.69, 9.17) is 4.74 Å². The fourth-order valence-corrected chi connectivity index (χ4v) is 5.07. The SMILES string of the molecule is CCOc1ccc(N2C(=O)[C@@H]3[C@H]4C=C[C@@H]([C@@H]5C[C@@H]45)[C@@H]3C2=O)cc1. The van der Waals surface area contributed by atoms with Crippen LogP contribution in [0.3, 0.4) is 0 Å². The Labute approximate surface area is 135 Å². The van der Waals surface area contributed by atoms with Crippen LogP contribution in [-0.2, 0) is 9.59 Å². The quantitative estimate of drug-likeness (QED) is 0.637. The van der Waals surface area contributed by atoms with Crippen molar-refractivity contribution in [2.45, 2.75) is 13.3 Å². The van der Waals surface area contributed by atoms with Crippen molar-refractivity contribution in [2.24, 2.45) is 35.5 Å². The summed E-state index contributed by atoms with van der Waals surface area (Å²) in [6.45, 7) is 2.53. The molecule has 23 heavy (non-hydrogen) atoms. The summed E-state index contributed by atoms with van der Waals surface area (Å²) < 4.78 is 5.44. The van der Waals surface area contributed by atoms with E-state index < -0.39 is 0 Å². The lowest BCUT2D eigenvalue weighted by atomic mass is 9.63.